The zero-order chi connectivity index (χ0) is 12.1. The minimum Gasteiger partial charge on any atom is -0.356 e. The van der Waals surface area contributed by atoms with E-state index in [0.717, 1.165) is 25.0 Å². The zero-order valence-corrected chi connectivity index (χ0v) is 10.7. The van der Waals surface area contributed by atoms with Gasteiger partial charge >= 0.3 is 0 Å². The van der Waals surface area contributed by atoms with Crippen LogP contribution in [0.4, 0.5) is 0 Å². The van der Waals surface area contributed by atoms with Crippen molar-refractivity contribution in [1.82, 2.24) is 10.2 Å². The van der Waals surface area contributed by atoms with Crippen LogP contribution in [-0.4, -0.2) is 31.5 Å². The molecule has 0 spiro atoms. The lowest BCUT2D eigenvalue weighted by molar-refractivity contribution is 0.572. The fraction of sp³-hybridized carbons (Fsp3) is 0.500. The van der Waals surface area contributed by atoms with Gasteiger partial charge in [0.05, 0.1) is 6.54 Å². The van der Waals surface area contributed by atoms with Crippen molar-refractivity contribution in [2.45, 2.75) is 19.4 Å². The second-order valence-electron chi connectivity index (χ2n) is 4.84. The van der Waals surface area contributed by atoms with E-state index in [0.29, 0.717) is 0 Å². The van der Waals surface area contributed by atoms with E-state index in [1.54, 1.807) is 0 Å². The van der Waals surface area contributed by atoms with E-state index < -0.39 is 0 Å². The van der Waals surface area contributed by atoms with E-state index in [9.17, 15) is 0 Å². The molecule has 1 aliphatic carbocycles. The third kappa shape index (κ3) is 4.10. The van der Waals surface area contributed by atoms with Crippen LogP contribution >= 0.6 is 0 Å². The smallest absolute Gasteiger partial charge is 0.193 e. The molecule has 17 heavy (non-hydrogen) atoms. The standard InChI is InChI=1S/C14H21N3/c1-17(2)14(16-11-13-8-9-13)15-10-12-6-4-3-5-7-12/h3-7,13H,8-11H2,1-2H3,(H,15,16). The number of nitrogens with zero attached hydrogens (tertiary/aromatic N) is 2. The van der Waals surface area contributed by atoms with Crippen molar-refractivity contribution >= 4 is 5.96 Å². The first-order valence-corrected chi connectivity index (χ1v) is 6.25. The van der Waals surface area contributed by atoms with Crippen LogP contribution in [0.1, 0.15) is 18.4 Å². The van der Waals surface area contributed by atoms with Gasteiger partial charge in [-0.2, -0.15) is 0 Å². The van der Waals surface area contributed by atoms with Crippen LogP contribution in [0.3, 0.4) is 0 Å². The Labute approximate surface area is 104 Å². The van der Waals surface area contributed by atoms with Crippen LogP contribution in [0.2, 0.25) is 0 Å². The molecule has 0 unspecified atom stereocenters. The molecule has 0 aromatic heterocycles. The molecule has 0 bridgehead atoms. The van der Waals surface area contributed by atoms with E-state index in [4.69, 9.17) is 0 Å². The predicted octanol–water partition coefficient (Wildman–Crippen LogP) is 2.10. The van der Waals surface area contributed by atoms with Gasteiger partial charge in [-0.05, 0) is 24.3 Å². The highest BCUT2D eigenvalue weighted by Gasteiger charge is 2.21. The molecule has 3 heteroatoms. The first kappa shape index (κ1) is 12.0. The van der Waals surface area contributed by atoms with Gasteiger partial charge in [-0.15, -0.1) is 0 Å². The molecule has 1 aromatic carbocycles. The molecule has 92 valence electrons. The Balaban J connectivity index is 1.89. The van der Waals surface area contributed by atoms with E-state index in [-0.39, 0.29) is 0 Å². The summed E-state index contributed by atoms with van der Waals surface area (Å²) in [7, 11) is 4.06. The van der Waals surface area contributed by atoms with Crippen molar-refractivity contribution in [2.75, 3.05) is 20.6 Å². The van der Waals surface area contributed by atoms with Gasteiger partial charge in [0.15, 0.2) is 5.96 Å². The van der Waals surface area contributed by atoms with Crippen LogP contribution in [-0.2, 0) is 6.54 Å². The van der Waals surface area contributed by atoms with Crippen LogP contribution in [0.15, 0.2) is 35.3 Å². The van der Waals surface area contributed by atoms with E-state index >= 15 is 0 Å². The number of aliphatic imine (C=N–C) groups is 1. The molecule has 0 heterocycles. The quantitative estimate of drug-likeness (QED) is 0.635. The maximum absolute atomic E-state index is 4.62. The molecule has 3 nitrogen and oxygen atoms in total. The Kier molecular flexibility index (Phi) is 4.02. The Bertz CT molecular complexity index is 366. The molecular formula is C14H21N3. The molecule has 1 aliphatic rings. The highest BCUT2D eigenvalue weighted by atomic mass is 15.3. The third-order valence-corrected chi connectivity index (χ3v) is 2.92. The lowest BCUT2D eigenvalue weighted by Gasteiger charge is -2.17. The molecule has 0 amide bonds. The molecule has 0 radical (unpaired) electrons. The summed E-state index contributed by atoms with van der Waals surface area (Å²) in [6, 6.07) is 10.4. The molecule has 1 aromatic rings. The molecule has 2 rings (SSSR count). The Hall–Kier alpha value is -1.51. The summed E-state index contributed by atoms with van der Waals surface area (Å²) in [4.78, 5) is 6.67. The van der Waals surface area contributed by atoms with Crippen molar-refractivity contribution in [3.63, 3.8) is 0 Å². The molecule has 0 aliphatic heterocycles. The summed E-state index contributed by atoms with van der Waals surface area (Å²) >= 11 is 0. The van der Waals surface area contributed by atoms with E-state index in [1.807, 2.05) is 25.1 Å². The average molecular weight is 231 g/mol. The summed E-state index contributed by atoms with van der Waals surface area (Å²) in [6.07, 6.45) is 2.73. The minimum atomic E-state index is 0.742. The van der Waals surface area contributed by atoms with Gasteiger partial charge in [0.2, 0.25) is 0 Å². The van der Waals surface area contributed by atoms with E-state index in [2.05, 4.69) is 34.6 Å². The second-order valence-corrected chi connectivity index (χ2v) is 4.84. The number of hydrogen-bond donors (Lipinski definition) is 1. The number of rotatable bonds is 4. The third-order valence-electron chi connectivity index (χ3n) is 2.92. The topological polar surface area (TPSA) is 27.6 Å². The number of benzene rings is 1. The molecule has 0 saturated heterocycles. The molecule has 1 fully saturated rings. The molecule has 1 saturated carbocycles. The van der Waals surface area contributed by atoms with Crippen molar-refractivity contribution in [1.29, 1.82) is 0 Å². The zero-order valence-electron chi connectivity index (χ0n) is 10.7. The highest BCUT2D eigenvalue weighted by Crippen LogP contribution is 2.27. The lowest BCUT2D eigenvalue weighted by Crippen LogP contribution is -2.37. The average Bonchev–Trinajstić information content (AvgIpc) is 3.14. The Morgan fingerprint density at radius 1 is 1.29 bits per heavy atom. The summed E-state index contributed by atoms with van der Waals surface area (Å²) < 4.78 is 0. The summed E-state index contributed by atoms with van der Waals surface area (Å²) in [5.41, 5.74) is 1.25. The second kappa shape index (κ2) is 5.71. The number of nitrogens with one attached hydrogen (secondary N) is 1. The molecule has 0 atom stereocenters. The van der Waals surface area contributed by atoms with Crippen molar-refractivity contribution in [2.24, 2.45) is 10.9 Å². The van der Waals surface area contributed by atoms with Gasteiger partial charge in [-0.3, -0.25) is 0 Å². The van der Waals surface area contributed by atoms with E-state index in [1.165, 1.54) is 18.4 Å². The predicted molar refractivity (Wildman–Crippen MR) is 72.0 cm³/mol. The number of guanidine groups is 1. The molecular weight excluding hydrogens is 210 g/mol. The van der Waals surface area contributed by atoms with Crippen LogP contribution in [0, 0.1) is 5.92 Å². The monoisotopic (exact) mass is 231 g/mol. The van der Waals surface area contributed by atoms with Gasteiger partial charge < -0.3 is 10.2 Å². The molecule has 1 N–H and O–H groups in total. The van der Waals surface area contributed by atoms with Gasteiger partial charge in [0.25, 0.3) is 0 Å². The van der Waals surface area contributed by atoms with Crippen LogP contribution < -0.4 is 5.32 Å². The SMILES string of the molecule is CN(C)C(=NCc1ccccc1)NCC1CC1. The number of hydrogen-bond acceptors (Lipinski definition) is 1. The maximum atomic E-state index is 4.62. The highest BCUT2D eigenvalue weighted by molar-refractivity contribution is 5.79. The summed E-state index contributed by atoms with van der Waals surface area (Å²) in [6.45, 7) is 1.80. The van der Waals surface area contributed by atoms with Gasteiger partial charge in [-0.25, -0.2) is 4.99 Å². The lowest BCUT2D eigenvalue weighted by atomic mass is 10.2. The minimum absolute atomic E-state index is 0.742. The fourth-order valence-electron chi connectivity index (χ4n) is 1.66. The van der Waals surface area contributed by atoms with Crippen molar-refractivity contribution in [3.05, 3.63) is 35.9 Å². The largest absolute Gasteiger partial charge is 0.356 e. The Morgan fingerprint density at radius 3 is 2.59 bits per heavy atom. The first-order chi connectivity index (χ1) is 8.25. The van der Waals surface area contributed by atoms with Crippen molar-refractivity contribution in [3.8, 4) is 0 Å². The first-order valence-electron chi connectivity index (χ1n) is 6.25. The van der Waals surface area contributed by atoms with Gasteiger partial charge in [0, 0.05) is 20.6 Å². The fourth-order valence-corrected chi connectivity index (χ4v) is 1.66. The summed E-state index contributed by atoms with van der Waals surface area (Å²) in [5.74, 6) is 1.86. The maximum Gasteiger partial charge on any atom is 0.193 e. The Morgan fingerprint density at radius 2 is 2.00 bits per heavy atom. The van der Waals surface area contributed by atoms with Crippen LogP contribution in [0.25, 0.3) is 0 Å². The van der Waals surface area contributed by atoms with Crippen LogP contribution in [0.5, 0.6) is 0 Å². The van der Waals surface area contributed by atoms with Gasteiger partial charge in [-0.1, -0.05) is 30.3 Å². The summed E-state index contributed by atoms with van der Waals surface area (Å²) in [5, 5.41) is 3.43. The van der Waals surface area contributed by atoms with Gasteiger partial charge in [0.1, 0.15) is 0 Å². The van der Waals surface area contributed by atoms with Crippen molar-refractivity contribution < 1.29 is 0 Å². The normalized spacial score (nSPS) is 15.8.